The van der Waals surface area contributed by atoms with Gasteiger partial charge in [-0.2, -0.15) is 18.2 Å². The highest BCUT2D eigenvalue weighted by Gasteiger charge is 2.42. The van der Waals surface area contributed by atoms with E-state index in [0.29, 0.717) is 13.1 Å². The molecule has 0 saturated carbocycles. The molecule has 2 aliphatic rings. The van der Waals surface area contributed by atoms with E-state index in [-0.39, 0.29) is 18.1 Å². The van der Waals surface area contributed by atoms with Crippen LogP contribution in [0, 0.1) is 0 Å². The fourth-order valence-corrected chi connectivity index (χ4v) is 2.72. The molecule has 2 saturated heterocycles. The molecule has 0 N–H and O–H groups in total. The van der Waals surface area contributed by atoms with E-state index >= 15 is 0 Å². The van der Waals surface area contributed by atoms with Gasteiger partial charge in [0, 0.05) is 25.2 Å². The van der Waals surface area contributed by atoms with Crippen LogP contribution in [0.15, 0.2) is 4.52 Å². The van der Waals surface area contributed by atoms with Gasteiger partial charge in [0.15, 0.2) is 0 Å². The summed E-state index contributed by atoms with van der Waals surface area (Å²) in [7, 11) is 0. The Hall–Kier alpha value is -1.80. The second kappa shape index (κ2) is 4.10. The Kier molecular flexibility index (Phi) is 2.64. The lowest BCUT2D eigenvalue weighted by molar-refractivity contribution is -0.146. The fraction of sp³-hybridized carbons (Fsp3) is 0.700. The standard InChI is InChI=1S/C10H11F3N4O2/c11-10(12,13)8-14-9(19-15-8)16-3-6-1-2-7(4-16)17(6)5-18/h5-7H,1-4H2/t6-,7+. The molecule has 0 unspecified atom stereocenters. The zero-order valence-corrected chi connectivity index (χ0v) is 9.80. The molecule has 0 spiro atoms. The van der Waals surface area contributed by atoms with Crippen LogP contribution in [-0.2, 0) is 11.0 Å². The van der Waals surface area contributed by atoms with E-state index in [1.54, 1.807) is 9.80 Å². The number of nitrogens with zero attached hydrogens (tertiary/aromatic N) is 4. The molecule has 9 heteroatoms. The van der Waals surface area contributed by atoms with Crippen LogP contribution in [0.25, 0.3) is 0 Å². The average Bonchev–Trinajstić information content (AvgIpc) is 2.92. The molecule has 0 aromatic carbocycles. The minimum atomic E-state index is -4.61. The topological polar surface area (TPSA) is 62.5 Å². The summed E-state index contributed by atoms with van der Waals surface area (Å²) in [6.45, 7) is 0.851. The number of piperazine rings is 1. The minimum Gasteiger partial charge on any atom is -0.336 e. The van der Waals surface area contributed by atoms with Gasteiger partial charge in [-0.3, -0.25) is 4.79 Å². The highest BCUT2D eigenvalue weighted by atomic mass is 19.4. The van der Waals surface area contributed by atoms with Crippen LogP contribution >= 0.6 is 0 Å². The molecule has 1 aromatic heterocycles. The zero-order chi connectivity index (χ0) is 13.6. The SMILES string of the molecule is O=CN1[C@@H]2CC[C@H]1CN(c1nc(C(F)(F)F)no1)C2. The molecule has 2 aliphatic heterocycles. The maximum absolute atomic E-state index is 12.4. The summed E-state index contributed by atoms with van der Waals surface area (Å²) in [6.07, 6.45) is -2.11. The Labute approximate surface area is 106 Å². The number of hydrogen-bond donors (Lipinski definition) is 0. The van der Waals surface area contributed by atoms with Crippen LogP contribution in [0.1, 0.15) is 18.7 Å². The third kappa shape index (κ3) is 2.02. The fourth-order valence-electron chi connectivity index (χ4n) is 2.72. The van der Waals surface area contributed by atoms with Crippen LogP contribution in [-0.4, -0.2) is 46.6 Å². The van der Waals surface area contributed by atoms with Crippen molar-refractivity contribution in [3.63, 3.8) is 0 Å². The summed E-state index contributed by atoms with van der Waals surface area (Å²) in [4.78, 5) is 17.6. The number of rotatable bonds is 2. The maximum Gasteiger partial charge on any atom is 0.455 e. The van der Waals surface area contributed by atoms with Crippen molar-refractivity contribution in [3.05, 3.63) is 5.82 Å². The quantitative estimate of drug-likeness (QED) is 0.751. The Morgan fingerprint density at radius 3 is 2.37 bits per heavy atom. The van der Waals surface area contributed by atoms with E-state index in [4.69, 9.17) is 0 Å². The zero-order valence-electron chi connectivity index (χ0n) is 9.80. The largest absolute Gasteiger partial charge is 0.455 e. The molecule has 3 rings (SSSR count). The number of alkyl halides is 3. The van der Waals surface area contributed by atoms with Crippen molar-refractivity contribution >= 4 is 12.4 Å². The van der Waals surface area contributed by atoms with Gasteiger partial charge in [-0.25, -0.2) is 0 Å². The summed E-state index contributed by atoms with van der Waals surface area (Å²) < 4.78 is 41.8. The predicted octanol–water partition coefficient (Wildman–Crippen LogP) is 0.898. The molecule has 2 bridgehead atoms. The molecule has 3 heterocycles. The third-order valence-corrected chi connectivity index (χ3v) is 3.60. The molecular weight excluding hydrogens is 265 g/mol. The van der Waals surface area contributed by atoms with E-state index < -0.39 is 12.0 Å². The molecule has 2 atom stereocenters. The monoisotopic (exact) mass is 276 g/mol. The van der Waals surface area contributed by atoms with Gasteiger partial charge >= 0.3 is 12.2 Å². The summed E-state index contributed by atoms with van der Waals surface area (Å²) in [5.41, 5.74) is 0. The first-order valence-corrected chi connectivity index (χ1v) is 5.87. The minimum absolute atomic E-state index is 0.0116. The Balaban J connectivity index is 1.78. The van der Waals surface area contributed by atoms with Crippen LogP contribution in [0.5, 0.6) is 0 Å². The van der Waals surface area contributed by atoms with E-state index in [9.17, 15) is 18.0 Å². The number of aromatic nitrogens is 2. The lowest BCUT2D eigenvalue weighted by Gasteiger charge is -2.37. The van der Waals surface area contributed by atoms with Gasteiger partial charge in [0.2, 0.25) is 6.41 Å². The van der Waals surface area contributed by atoms with Gasteiger partial charge in [0.25, 0.3) is 5.82 Å². The first-order valence-electron chi connectivity index (χ1n) is 5.87. The van der Waals surface area contributed by atoms with Crippen LogP contribution < -0.4 is 4.90 Å². The number of hydrogen-bond acceptors (Lipinski definition) is 5. The van der Waals surface area contributed by atoms with Gasteiger partial charge in [-0.1, -0.05) is 0 Å². The van der Waals surface area contributed by atoms with Gasteiger partial charge in [0.05, 0.1) is 0 Å². The molecule has 19 heavy (non-hydrogen) atoms. The summed E-state index contributed by atoms with van der Waals surface area (Å²) in [6, 6.07) is -0.107. The Bertz CT molecular complexity index is 475. The van der Waals surface area contributed by atoms with Gasteiger partial charge in [-0.05, 0) is 18.0 Å². The molecule has 0 radical (unpaired) electrons. The Morgan fingerprint density at radius 1 is 1.26 bits per heavy atom. The first kappa shape index (κ1) is 12.2. The maximum atomic E-state index is 12.4. The number of carbonyl (C=O) groups excluding carboxylic acids is 1. The number of anilines is 1. The van der Waals surface area contributed by atoms with Gasteiger partial charge < -0.3 is 14.3 Å². The normalized spacial score (nSPS) is 26.9. The number of halogens is 3. The lowest BCUT2D eigenvalue weighted by Crippen LogP contribution is -2.53. The molecule has 104 valence electrons. The van der Waals surface area contributed by atoms with Gasteiger partial charge in [0.1, 0.15) is 0 Å². The first-order chi connectivity index (χ1) is 8.99. The summed E-state index contributed by atoms with van der Waals surface area (Å²) in [5, 5.41) is 2.94. The lowest BCUT2D eigenvalue weighted by atomic mass is 10.2. The molecule has 1 aromatic rings. The third-order valence-electron chi connectivity index (χ3n) is 3.60. The number of fused-ring (bicyclic) bond motifs is 2. The second-order valence-electron chi connectivity index (χ2n) is 4.74. The predicted molar refractivity (Wildman–Crippen MR) is 56.2 cm³/mol. The highest BCUT2D eigenvalue weighted by Crippen LogP contribution is 2.32. The van der Waals surface area contributed by atoms with Crippen molar-refractivity contribution in [1.29, 1.82) is 0 Å². The van der Waals surface area contributed by atoms with Crippen molar-refractivity contribution in [2.45, 2.75) is 31.1 Å². The van der Waals surface area contributed by atoms with Crippen LogP contribution in [0.4, 0.5) is 19.2 Å². The molecular formula is C10H11F3N4O2. The molecule has 1 amide bonds. The average molecular weight is 276 g/mol. The molecule has 0 aliphatic carbocycles. The number of amides is 1. The number of carbonyl (C=O) groups is 1. The Morgan fingerprint density at radius 2 is 1.89 bits per heavy atom. The van der Waals surface area contributed by atoms with Crippen molar-refractivity contribution < 1.29 is 22.5 Å². The molecule has 6 nitrogen and oxygen atoms in total. The summed E-state index contributed by atoms with van der Waals surface area (Å²) >= 11 is 0. The van der Waals surface area contributed by atoms with Crippen LogP contribution in [0.3, 0.4) is 0 Å². The highest BCUT2D eigenvalue weighted by molar-refractivity contribution is 5.51. The van der Waals surface area contributed by atoms with Gasteiger partial charge in [-0.15, -0.1) is 0 Å². The van der Waals surface area contributed by atoms with Crippen molar-refractivity contribution in [2.75, 3.05) is 18.0 Å². The summed E-state index contributed by atoms with van der Waals surface area (Å²) in [5.74, 6) is -1.27. The van der Waals surface area contributed by atoms with E-state index in [1.807, 2.05) is 0 Å². The van der Waals surface area contributed by atoms with Crippen molar-refractivity contribution in [3.8, 4) is 0 Å². The van der Waals surface area contributed by atoms with Crippen molar-refractivity contribution in [1.82, 2.24) is 15.0 Å². The second-order valence-corrected chi connectivity index (χ2v) is 4.74. The van der Waals surface area contributed by atoms with Crippen LogP contribution in [0.2, 0.25) is 0 Å². The van der Waals surface area contributed by atoms with E-state index in [2.05, 4.69) is 14.7 Å². The van der Waals surface area contributed by atoms with E-state index in [1.165, 1.54) is 0 Å². The molecule has 2 fully saturated rings. The smallest absolute Gasteiger partial charge is 0.336 e. The van der Waals surface area contributed by atoms with Crippen molar-refractivity contribution in [2.24, 2.45) is 0 Å². The van der Waals surface area contributed by atoms with E-state index in [0.717, 1.165) is 19.3 Å².